The summed E-state index contributed by atoms with van der Waals surface area (Å²) < 4.78 is 0. The van der Waals surface area contributed by atoms with Gasteiger partial charge in [-0.1, -0.05) is 6.92 Å². The van der Waals surface area contributed by atoms with Gasteiger partial charge in [-0.3, -0.25) is 4.79 Å². The van der Waals surface area contributed by atoms with Crippen LogP contribution in [-0.2, 0) is 4.79 Å². The van der Waals surface area contributed by atoms with E-state index in [0.717, 1.165) is 32.5 Å². The first kappa shape index (κ1) is 11.4. The van der Waals surface area contributed by atoms with Crippen molar-refractivity contribution in [3.05, 3.63) is 0 Å². The normalized spacial score (nSPS) is 9.83. The van der Waals surface area contributed by atoms with Crippen LogP contribution in [0.4, 0.5) is 0 Å². The van der Waals surface area contributed by atoms with Crippen LogP contribution in [0.25, 0.3) is 0 Å². The topological polar surface area (TPSA) is 41.1 Å². The Bertz CT molecular complexity index is 115. The van der Waals surface area contributed by atoms with E-state index in [0.29, 0.717) is 0 Å². The van der Waals surface area contributed by atoms with Gasteiger partial charge in [-0.2, -0.15) is 0 Å². The molecule has 72 valence electrons. The van der Waals surface area contributed by atoms with E-state index in [1.807, 2.05) is 0 Å². The summed E-state index contributed by atoms with van der Waals surface area (Å²) in [6, 6.07) is 0. The SMILES string of the molecule is CCCNCCCCNC(C)=O. The molecule has 3 nitrogen and oxygen atoms in total. The minimum absolute atomic E-state index is 0.0662. The van der Waals surface area contributed by atoms with Gasteiger partial charge in [0.2, 0.25) is 5.91 Å². The zero-order valence-electron chi connectivity index (χ0n) is 8.15. The highest BCUT2D eigenvalue weighted by atomic mass is 16.1. The summed E-state index contributed by atoms with van der Waals surface area (Å²) in [6.45, 7) is 6.68. The number of hydrogen-bond donors (Lipinski definition) is 2. The Morgan fingerprint density at radius 1 is 1.17 bits per heavy atom. The first-order chi connectivity index (χ1) is 5.77. The Hall–Kier alpha value is -0.570. The van der Waals surface area contributed by atoms with E-state index in [1.165, 1.54) is 6.42 Å². The molecule has 0 saturated carbocycles. The average Bonchev–Trinajstić information content (AvgIpc) is 2.02. The van der Waals surface area contributed by atoms with Crippen molar-refractivity contribution in [1.82, 2.24) is 10.6 Å². The fourth-order valence-electron chi connectivity index (χ4n) is 0.941. The predicted octanol–water partition coefficient (Wildman–Crippen LogP) is 0.902. The summed E-state index contributed by atoms with van der Waals surface area (Å²) in [5.74, 6) is 0.0662. The summed E-state index contributed by atoms with van der Waals surface area (Å²) in [4.78, 5) is 10.5. The van der Waals surface area contributed by atoms with Gasteiger partial charge in [-0.25, -0.2) is 0 Å². The number of hydrogen-bond acceptors (Lipinski definition) is 2. The molecule has 0 spiro atoms. The molecule has 0 aromatic heterocycles. The minimum atomic E-state index is 0.0662. The van der Waals surface area contributed by atoms with Gasteiger partial charge in [0.25, 0.3) is 0 Å². The lowest BCUT2D eigenvalue weighted by Gasteiger charge is -2.03. The lowest BCUT2D eigenvalue weighted by molar-refractivity contribution is -0.118. The minimum Gasteiger partial charge on any atom is -0.356 e. The van der Waals surface area contributed by atoms with Gasteiger partial charge in [0.05, 0.1) is 0 Å². The van der Waals surface area contributed by atoms with Gasteiger partial charge >= 0.3 is 0 Å². The molecular weight excluding hydrogens is 152 g/mol. The van der Waals surface area contributed by atoms with Crippen molar-refractivity contribution in [3.8, 4) is 0 Å². The highest BCUT2D eigenvalue weighted by Crippen LogP contribution is 1.84. The molecule has 0 aliphatic heterocycles. The third-order valence-corrected chi connectivity index (χ3v) is 1.58. The van der Waals surface area contributed by atoms with Crippen molar-refractivity contribution in [1.29, 1.82) is 0 Å². The van der Waals surface area contributed by atoms with Crippen LogP contribution in [0.2, 0.25) is 0 Å². The largest absolute Gasteiger partial charge is 0.356 e. The lowest BCUT2D eigenvalue weighted by Crippen LogP contribution is -2.22. The Morgan fingerprint density at radius 3 is 2.42 bits per heavy atom. The standard InChI is InChI=1S/C9H20N2O/c1-3-6-10-7-4-5-8-11-9(2)12/h10H,3-8H2,1-2H3,(H,11,12). The van der Waals surface area contributed by atoms with Crippen LogP contribution >= 0.6 is 0 Å². The maximum absolute atomic E-state index is 10.5. The van der Waals surface area contributed by atoms with E-state index >= 15 is 0 Å². The van der Waals surface area contributed by atoms with E-state index in [9.17, 15) is 4.79 Å². The molecule has 0 aromatic rings. The molecule has 3 heteroatoms. The smallest absolute Gasteiger partial charge is 0.216 e. The second-order valence-corrected chi connectivity index (χ2v) is 2.94. The number of carbonyl (C=O) groups is 1. The molecule has 0 heterocycles. The molecule has 0 atom stereocenters. The summed E-state index contributed by atoms with van der Waals surface area (Å²) >= 11 is 0. The molecule has 0 aliphatic carbocycles. The van der Waals surface area contributed by atoms with Crippen LogP contribution in [0.1, 0.15) is 33.1 Å². The second kappa shape index (κ2) is 8.53. The summed E-state index contributed by atoms with van der Waals surface area (Å²) in [6.07, 6.45) is 3.39. The number of unbranched alkanes of at least 4 members (excludes halogenated alkanes) is 1. The first-order valence-corrected chi connectivity index (χ1v) is 4.72. The lowest BCUT2D eigenvalue weighted by atomic mass is 10.3. The van der Waals surface area contributed by atoms with Crippen molar-refractivity contribution in [3.63, 3.8) is 0 Å². The monoisotopic (exact) mass is 172 g/mol. The van der Waals surface area contributed by atoms with Crippen molar-refractivity contribution in [2.24, 2.45) is 0 Å². The molecule has 0 rings (SSSR count). The maximum Gasteiger partial charge on any atom is 0.216 e. The highest BCUT2D eigenvalue weighted by molar-refractivity contribution is 5.72. The van der Waals surface area contributed by atoms with Gasteiger partial charge in [0.1, 0.15) is 0 Å². The molecular formula is C9H20N2O. The molecule has 0 radical (unpaired) electrons. The molecule has 12 heavy (non-hydrogen) atoms. The fraction of sp³-hybridized carbons (Fsp3) is 0.889. The van der Waals surface area contributed by atoms with Crippen molar-refractivity contribution in [2.75, 3.05) is 19.6 Å². The Labute approximate surface area is 74.9 Å². The molecule has 0 aliphatic rings. The van der Waals surface area contributed by atoms with E-state index in [4.69, 9.17) is 0 Å². The van der Waals surface area contributed by atoms with Gasteiger partial charge < -0.3 is 10.6 Å². The molecule has 0 unspecified atom stereocenters. The van der Waals surface area contributed by atoms with Gasteiger partial charge in [0.15, 0.2) is 0 Å². The third kappa shape index (κ3) is 9.43. The number of carbonyl (C=O) groups excluding carboxylic acids is 1. The molecule has 0 saturated heterocycles. The molecule has 0 bridgehead atoms. The maximum atomic E-state index is 10.5. The van der Waals surface area contributed by atoms with Crippen LogP contribution in [0.3, 0.4) is 0 Å². The number of amides is 1. The summed E-state index contributed by atoms with van der Waals surface area (Å²) in [7, 11) is 0. The van der Waals surface area contributed by atoms with Crippen LogP contribution < -0.4 is 10.6 Å². The second-order valence-electron chi connectivity index (χ2n) is 2.94. The number of nitrogens with one attached hydrogen (secondary N) is 2. The Kier molecular flexibility index (Phi) is 8.12. The summed E-state index contributed by atoms with van der Waals surface area (Å²) in [5, 5.41) is 6.08. The van der Waals surface area contributed by atoms with Crippen LogP contribution in [0.15, 0.2) is 0 Å². The van der Waals surface area contributed by atoms with Gasteiger partial charge in [-0.05, 0) is 32.4 Å². The molecule has 2 N–H and O–H groups in total. The van der Waals surface area contributed by atoms with E-state index < -0.39 is 0 Å². The third-order valence-electron chi connectivity index (χ3n) is 1.58. The van der Waals surface area contributed by atoms with Crippen LogP contribution in [0.5, 0.6) is 0 Å². The van der Waals surface area contributed by atoms with Crippen molar-refractivity contribution < 1.29 is 4.79 Å². The van der Waals surface area contributed by atoms with Gasteiger partial charge in [-0.15, -0.1) is 0 Å². The molecule has 0 fully saturated rings. The highest BCUT2D eigenvalue weighted by Gasteiger charge is 1.90. The first-order valence-electron chi connectivity index (χ1n) is 4.72. The predicted molar refractivity (Wildman–Crippen MR) is 51.1 cm³/mol. The zero-order valence-corrected chi connectivity index (χ0v) is 8.15. The van der Waals surface area contributed by atoms with E-state index in [1.54, 1.807) is 6.92 Å². The molecule has 1 amide bonds. The Balaban J connectivity index is 2.86. The zero-order chi connectivity index (χ0) is 9.23. The quantitative estimate of drug-likeness (QED) is 0.560. The Morgan fingerprint density at radius 2 is 1.83 bits per heavy atom. The average molecular weight is 172 g/mol. The fourth-order valence-corrected chi connectivity index (χ4v) is 0.941. The van der Waals surface area contributed by atoms with Crippen molar-refractivity contribution in [2.45, 2.75) is 33.1 Å². The van der Waals surface area contributed by atoms with Gasteiger partial charge in [0, 0.05) is 13.5 Å². The van der Waals surface area contributed by atoms with Crippen molar-refractivity contribution >= 4 is 5.91 Å². The van der Waals surface area contributed by atoms with E-state index in [-0.39, 0.29) is 5.91 Å². The van der Waals surface area contributed by atoms with Crippen LogP contribution in [0, 0.1) is 0 Å². The number of rotatable bonds is 7. The van der Waals surface area contributed by atoms with E-state index in [2.05, 4.69) is 17.6 Å². The molecule has 0 aromatic carbocycles. The van der Waals surface area contributed by atoms with Crippen LogP contribution in [-0.4, -0.2) is 25.5 Å². The summed E-state index contributed by atoms with van der Waals surface area (Å²) in [5.41, 5.74) is 0.